The van der Waals surface area contributed by atoms with Crippen LogP contribution in [0.3, 0.4) is 0 Å². The van der Waals surface area contributed by atoms with Crippen LogP contribution >= 0.6 is 0 Å². The van der Waals surface area contributed by atoms with E-state index in [1.54, 1.807) is 0 Å². The number of rotatable bonds is 16. The highest BCUT2D eigenvalue weighted by Gasteiger charge is 1.97. The average Bonchev–Trinajstić information content (AvgIpc) is 2.52. The fraction of sp³-hybridized carbons (Fsp3) is 0.833. The molecule has 0 aliphatic carbocycles. The van der Waals surface area contributed by atoms with Crippen LogP contribution in [0.25, 0.3) is 0 Å². The van der Waals surface area contributed by atoms with Gasteiger partial charge in [-0.15, -0.1) is 0 Å². The third-order valence-electron chi connectivity index (χ3n) is 3.58. The van der Waals surface area contributed by atoms with E-state index in [2.05, 4.69) is 29.7 Å². The summed E-state index contributed by atoms with van der Waals surface area (Å²) in [5, 5.41) is 14.8. The summed E-state index contributed by atoms with van der Waals surface area (Å²) in [5.74, 6) is 0.123. The Kier molecular flexibility index (Phi) is 17.5. The first-order chi connectivity index (χ1) is 10.8. The Balaban J connectivity index is 3.17. The minimum atomic E-state index is 0.123. The summed E-state index contributed by atoms with van der Waals surface area (Å²) in [6.45, 7) is 4.02. The van der Waals surface area contributed by atoms with Crippen LogP contribution in [0.5, 0.6) is 0 Å². The van der Waals surface area contributed by atoms with Gasteiger partial charge in [0.1, 0.15) is 0 Å². The van der Waals surface area contributed by atoms with Crippen molar-refractivity contribution < 1.29 is 9.90 Å². The van der Waals surface area contributed by atoms with Crippen molar-refractivity contribution >= 4 is 5.91 Å². The molecule has 3 N–H and O–H groups in total. The van der Waals surface area contributed by atoms with E-state index in [0.29, 0.717) is 19.7 Å². The number of unbranched alkanes of at least 4 members (excludes halogenated alkanes) is 7. The van der Waals surface area contributed by atoms with E-state index < -0.39 is 0 Å². The van der Waals surface area contributed by atoms with Crippen LogP contribution in [-0.2, 0) is 4.79 Å². The van der Waals surface area contributed by atoms with Crippen molar-refractivity contribution in [3.8, 4) is 0 Å². The summed E-state index contributed by atoms with van der Waals surface area (Å²) in [6, 6.07) is 0. The molecule has 130 valence electrons. The lowest BCUT2D eigenvalue weighted by Crippen LogP contribution is -2.34. The van der Waals surface area contributed by atoms with Gasteiger partial charge in [-0.2, -0.15) is 0 Å². The number of hydrogen-bond acceptors (Lipinski definition) is 3. The van der Waals surface area contributed by atoms with Gasteiger partial charge in [-0.1, -0.05) is 57.6 Å². The maximum atomic E-state index is 11.5. The molecule has 1 amide bonds. The summed E-state index contributed by atoms with van der Waals surface area (Å²) in [7, 11) is 0. The van der Waals surface area contributed by atoms with Gasteiger partial charge >= 0.3 is 0 Å². The van der Waals surface area contributed by atoms with Crippen LogP contribution in [0.2, 0.25) is 0 Å². The Morgan fingerprint density at radius 2 is 1.59 bits per heavy atom. The highest BCUT2D eigenvalue weighted by atomic mass is 16.2. The minimum absolute atomic E-state index is 0.123. The van der Waals surface area contributed by atoms with Crippen molar-refractivity contribution in [1.29, 1.82) is 0 Å². The van der Waals surface area contributed by atoms with Gasteiger partial charge in [0.2, 0.25) is 5.91 Å². The molecular formula is C18H36N2O2. The van der Waals surface area contributed by atoms with Gasteiger partial charge in [0, 0.05) is 13.0 Å². The SMILES string of the molecule is CCC/C=C/CCC(=O)NCNCCCCCCCCCO. The smallest absolute Gasteiger partial charge is 0.221 e. The second kappa shape index (κ2) is 18.2. The number of amides is 1. The monoisotopic (exact) mass is 312 g/mol. The van der Waals surface area contributed by atoms with Crippen molar-refractivity contribution in [2.75, 3.05) is 19.8 Å². The lowest BCUT2D eigenvalue weighted by atomic mass is 10.1. The molecule has 0 unspecified atom stereocenters. The highest BCUT2D eigenvalue weighted by molar-refractivity contribution is 5.75. The number of aliphatic hydroxyl groups excluding tert-OH is 1. The van der Waals surface area contributed by atoms with E-state index in [-0.39, 0.29) is 5.91 Å². The highest BCUT2D eigenvalue weighted by Crippen LogP contribution is 2.06. The van der Waals surface area contributed by atoms with Crippen LogP contribution < -0.4 is 10.6 Å². The van der Waals surface area contributed by atoms with Crippen molar-refractivity contribution in [3.63, 3.8) is 0 Å². The first-order valence-electron chi connectivity index (χ1n) is 9.04. The molecule has 0 aromatic heterocycles. The molecule has 0 radical (unpaired) electrons. The van der Waals surface area contributed by atoms with E-state index in [1.807, 2.05) is 0 Å². The van der Waals surface area contributed by atoms with E-state index in [9.17, 15) is 4.79 Å². The second-order valence-corrected chi connectivity index (χ2v) is 5.77. The molecule has 0 rings (SSSR count). The quantitative estimate of drug-likeness (QED) is 0.232. The Morgan fingerprint density at radius 3 is 2.27 bits per heavy atom. The summed E-state index contributed by atoms with van der Waals surface area (Å²) < 4.78 is 0. The van der Waals surface area contributed by atoms with Crippen molar-refractivity contribution in [1.82, 2.24) is 10.6 Å². The van der Waals surface area contributed by atoms with Gasteiger partial charge in [-0.3, -0.25) is 10.1 Å². The second-order valence-electron chi connectivity index (χ2n) is 5.77. The Bertz CT molecular complexity index is 268. The molecule has 0 saturated carbocycles. The molecule has 0 aromatic carbocycles. The predicted molar refractivity (Wildman–Crippen MR) is 93.7 cm³/mol. The summed E-state index contributed by atoms with van der Waals surface area (Å²) in [5.41, 5.74) is 0. The van der Waals surface area contributed by atoms with Crippen LogP contribution in [0.15, 0.2) is 12.2 Å². The summed E-state index contributed by atoms with van der Waals surface area (Å²) in [4.78, 5) is 11.5. The zero-order chi connectivity index (χ0) is 16.3. The number of aliphatic hydroxyl groups is 1. The van der Waals surface area contributed by atoms with Crippen LogP contribution in [-0.4, -0.2) is 30.8 Å². The molecule has 0 atom stereocenters. The largest absolute Gasteiger partial charge is 0.396 e. The Hall–Kier alpha value is -0.870. The summed E-state index contributed by atoms with van der Waals surface area (Å²) >= 11 is 0. The maximum Gasteiger partial charge on any atom is 0.221 e. The van der Waals surface area contributed by atoms with E-state index in [0.717, 1.165) is 45.1 Å². The van der Waals surface area contributed by atoms with Gasteiger partial charge in [0.15, 0.2) is 0 Å². The number of hydrogen-bond donors (Lipinski definition) is 3. The molecule has 0 saturated heterocycles. The van der Waals surface area contributed by atoms with Crippen LogP contribution in [0.4, 0.5) is 0 Å². The lowest BCUT2D eigenvalue weighted by molar-refractivity contribution is -0.121. The number of carbonyl (C=O) groups excluding carboxylic acids is 1. The van der Waals surface area contributed by atoms with Crippen LogP contribution in [0.1, 0.15) is 77.6 Å². The van der Waals surface area contributed by atoms with Gasteiger partial charge in [0.05, 0.1) is 6.67 Å². The maximum absolute atomic E-state index is 11.5. The van der Waals surface area contributed by atoms with E-state index in [4.69, 9.17) is 5.11 Å². The van der Waals surface area contributed by atoms with Crippen molar-refractivity contribution in [3.05, 3.63) is 12.2 Å². The molecule has 4 heteroatoms. The zero-order valence-electron chi connectivity index (χ0n) is 14.4. The molecule has 0 spiro atoms. The Morgan fingerprint density at radius 1 is 0.955 bits per heavy atom. The van der Waals surface area contributed by atoms with Crippen molar-refractivity contribution in [2.45, 2.75) is 77.6 Å². The summed E-state index contributed by atoms with van der Waals surface area (Å²) in [6.07, 6.45) is 16.2. The molecular weight excluding hydrogens is 276 g/mol. The molecule has 4 nitrogen and oxygen atoms in total. The number of nitrogens with one attached hydrogen (secondary N) is 2. The molecule has 0 bridgehead atoms. The third kappa shape index (κ3) is 17.2. The predicted octanol–water partition coefficient (Wildman–Crippen LogP) is 3.51. The minimum Gasteiger partial charge on any atom is -0.396 e. The molecule has 0 fully saturated rings. The fourth-order valence-corrected chi connectivity index (χ4v) is 2.20. The number of carbonyl (C=O) groups is 1. The van der Waals surface area contributed by atoms with Gasteiger partial charge in [0.25, 0.3) is 0 Å². The lowest BCUT2D eigenvalue weighted by Gasteiger charge is -2.06. The third-order valence-corrected chi connectivity index (χ3v) is 3.58. The average molecular weight is 312 g/mol. The van der Waals surface area contributed by atoms with Crippen LogP contribution in [0, 0.1) is 0 Å². The van der Waals surface area contributed by atoms with E-state index in [1.165, 1.54) is 25.7 Å². The normalized spacial score (nSPS) is 11.2. The first-order valence-corrected chi connectivity index (χ1v) is 9.04. The van der Waals surface area contributed by atoms with Gasteiger partial charge < -0.3 is 10.4 Å². The molecule has 0 aromatic rings. The van der Waals surface area contributed by atoms with Crippen molar-refractivity contribution in [2.24, 2.45) is 0 Å². The standard InChI is InChI=1S/C18H36N2O2/c1-2-3-4-8-11-14-18(22)20-17-19-15-12-9-6-5-7-10-13-16-21/h4,8,19,21H,2-3,5-7,9-17H2,1H3,(H,20,22)/b8-4+. The fourth-order valence-electron chi connectivity index (χ4n) is 2.20. The zero-order valence-corrected chi connectivity index (χ0v) is 14.4. The van der Waals surface area contributed by atoms with Gasteiger partial charge in [-0.25, -0.2) is 0 Å². The molecule has 0 aliphatic rings. The van der Waals surface area contributed by atoms with E-state index >= 15 is 0 Å². The number of allylic oxidation sites excluding steroid dienone is 2. The Labute approximate surface area is 136 Å². The molecule has 0 aliphatic heterocycles. The topological polar surface area (TPSA) is 61.4 Å². The van der Waals surface area contributed by atoms with Gasteiger partial charge in [-0.05, 0) is 32.2 Å². The molecule has 22 heavy (non-hydrogen) atoms. The first kappa shape index (κ1) is 21.1. The molecule has 0 heterocycles.